The van der Waals surface area contributed by atoms with Gasteiger partial charge in [-0.25, -0.2) is 0 Å². The highest BCUT2D eigenvalue weighted by molar-refractivity contribution is 5.11. The molecule has 4 fully saturated rings. The summed E-state index contributed by atoms with van der Waals surface area (Å²) in [6.45, 7) is 0. The van der Waals surface area contributed by atoms with Gasteiger partial charge >= 0.3 is 0 Å². The normalized spacial score (nSPS) is 66.0. The van der Waals surface area contributed by atoms with Crippen molar-refractivity contribution in [1.82, 2.24) is 0 Å². The zero-order chi connectivity index (χ0) is 7.71. The maximum atomic E-state index is 1.65. The van der Waals surface area contributed by atoms with Gasteiger partial charge in [0.25, 0.3) is 0 Å². The van der Waals surface area contributed by atoms with Crippen LogP contribution in [0.25, 0.3) is 0 Å². The molecule has 0 bridgehead atoms. The van der Waals surface area contributed by atoms with Gasteiger partial charge in [-0.05, 0) is 67.6 Å². The van der Waals surface area contributed by atoms with Crippen molar-refractivity contribution < 1.29 is 0 Å². The summed E-state index contributed by atoms with van der Waals surface area (Å²) in [7, 11) is 0. The van der Waals surface area contributed by atoms with Gasteiger partial charge in [0.2, 0.25) is 0 Å². The zero-order valence-corrected chi connectivity index (χ0v) is 7.71. The molecule has 4 aliphatic carbocycles. The van der Waals surface area contributed by atoms with Gasteiger partial charge in [-0.3, -0.25) is 0 Å². The molecule has 0 N–H and O–H groups in total. The molecule has 6 unspecified atom stereocenters. The predicted molar refractivity (Wildman–Crippen MR) is 48.6 cm³/mol. The van der Waals surface area contributed by atoms with Gasteiger partial charge in [0.05, 0.1) is 0 Å². The first-order valence-electron chi connectivity index (χ1n) is 5.95. The fourth-order valence-electron chi connectivity index (χ4n) is 5.20. The minimum absolute atomic E-state index is 1.21. The largest absolute Gasteiger partial charge is 0.0527 e. The Kier molecular flexibility index (Phi) is 1.03. The van der Waals surface area contributed by atoms with Crippen molar-refractivity contribution in [3.63, 3.8) is 0 Å². The van der Waals surface area contributed by atoms with Crippen LogP contribution >= 0.6 is 0 Å². The zero-order valence-electron chi connectivity index (χ0n) is 7.71. The summed E-state index contributed by atoms with van der Waals surface area (Å²) in [6, 6.07) is 0. The topological polar surface area (TPSA) is 0 Å². The van der Waals surface area contributed by atoms with Crippen molar-refractivity contribution in [2.75, 3.05) is 0 Å². The van der Waals surface area contributed by atoms with E-state index in [1.54, 1.807) is 38.5 Å². The Labute approximate surface area is 74.7 Å². The summed E-state index contributed by atoms with van der Waals surface area (Å²) in [5.74, 6) is 7.37. The van der Waals surface area contributed by atoms with Crippen LogP contribution in [0, 0.1) is 35.5 Å². The summed E-state index contributed by atoms with van der Waals surface area (Å²) >= 11 is 0. The van der Waals surface area contributed by atoms with E-state index in [1.165, 1.54) is 35.5 Å². The summed E-state index contributed by atoms with van der Waals surface area (Å²) in [6.07, 6.45) is 9.63. The number of fused-ring (bicyclic) bond motifs is 6. The average molecular weight is 162 g/mol. The molecule has 0 heteroatoms. The van der Waals surface area contributed by atoms with E-state index in [9.17, 15) is 0 Å². The van der Waals surface area contributed by atoms with Crippen molar-refractivity contribution in [2.24, 2.45) is 35.5 Å². The molecule has 0 amide bonds. The van der Waals surface area contributed by atoms with Crippen LogP contribution in [0.5, 0.6) is 0 Å². The molecule has 0 radical (unpaired) electrons. The van der Waals surface area contributed by atoms with Gasteiger partial charge in [-0.15, -0.1) is 0 Å². The summed E-state index contributed by atoms with van der Waals surface area (Å²) in [4.78, 5) is 0. The molecule has 0 nitrogen and oxygen atoms in total. The number of hydrogen-bond acceptors (Lipinski definition) is 0. The molecule has 4 rings (SSSR count). The Bertz CT molecular complexity index is 220. The molecule has 66 valence electrons. The van der Waals surface area contributed by atoms with Crippen LogP contribution in [0.15, 0.2) is 0 Å². The van der Waals surface area contributed by atoms with Crippen molar-refractivity contribution in [2.45, 2.75) is 38.5 Å². The second-order valence-corrected chi connectivity index (χ2v) is 5.74. The molecule has 0 aliphatic heterocycles. The third-order valence-corrected chi connectivity index (χ3v) is 5.71. The quantitative estimate of drug-likeness (QED) is 0.513. The van der Waals surface area contributed by atoms with E-state index < -0.39 is 0 Å². The number of rotatable bonds is 0. The average Bonchev–Trinajstić information content (AvgIpc) is 2.49. The van der Waals surface area contributed by atoms with E-state index in [4.69, 9.17) is 0 Å². The van der Waals surface area contributed by atoms with Crippen LogP contribution < -0.4 is 0 Å². The van der Waals surface area contributed by atoms with E-state index in [-0.39, 0.29) is 0 Å². The Morgan fingerprint density at radius 1 is 0.667 bits per heavy atom. The van der Waals surface area contributed by atoms with Crippen molar-refractivity contribution >= 4 is 0 Å². The SMILES string of the molecule is C1CC2C(C1)C1C3CCC3CC21. The van der Waals surface area contributed by atoms with E-state index >= 15 is 0 Å². The molecule has 0 heterocycles. The molecule has 0 aromatic rings. The van der Waals surface area contributed by atoms with E-state index in [0.717, 1.165) is 0 Å². The minimum atomic E-state index is 1.21. The molecule has 12 heavy (non-hydrogen) atoms. The Morgan fingerprint density at radius 3 is 2.42 bits per heavy atom. The summed E-state index contributed by atoms with van der Waals surface area (Å²) < 4.78 is 0. The van der Waals surface area contributed by atoms with Crippen molar-refractivity contribution in [3.05, 3.63) is 0 Å². The van der Waals surface area contributed by atoms with Crippen LogP contribution in [0.4, 0.5) is 0 Å². The van der Waals surface area contributed by atoms with Gasteiger partial charge in [-0.1, -0.05) is 6.42 Å². The van der Waals surface area contributed by atoms with Crippen molar-refractivity contribution in [3.8, 4) is 0 Å². The Morgan fingerprint density at radius 2 is 1.58 bits per heavy atom. The second-order valence-electron chi connectivity index (χ2n) is 5.74. The third-order valence-electron chi connectivity index (χ3n) is 5.71. The smallest absolute Gasteiger partial charge is 0.0321 e. The lowest BCUT2D eigenvalue weighted by atomic mass is 9.56. The fraction of sp³-hybridized carbons (Fsp3) is 1.00. The first kappa shape index (κ1) is 6.45. The van der Waals surface area contributed by atoms with Crippen LogP contribution in [0.3, 0.4) is 0 Å². The molecular weight excluding hydrogens is 144 g/mol. The van der Waals surface area contributed by atoms with Crippen molar-refractivity contribution in [1.29, 1.82) is 0 Å². The highest BCUT2D eigenvalue weighted by Gasteiger charge is 2.62. The third kappa shape index (κ3) is 0.533. The first-order chi connectivity index (χ1) is 5.95. The molecule has 4 saturated carbocycles. The van der Waals surface area contributed by atoms with Crippen LogP contribution in [0.1, 0.15) is 38.5 Å². The molecule has 0 saturated heterocycles. The van der Waals surface area contributed by atoms with Gasteiger partial charge < -0.3 is 0 Å². The summed E-state index contributed by atoms with van der Waals surface area (Å²) in [5, 5.41) is 0. The van der Waals surface area contributed by atoms with E-state index in [0.29, 0.717) is 0 Å². The highest BCUT2D eigenvalue weighted by atomic mass is 14.7. The molecule has 6 atom stereocenters. The molecule has 0 spiro atoms. The first-order valence-corrected chi connectivity index (χ1v) is 5.95. The minimum Gasteiger partial charge on any atom is -0.0527 e. The van der Waals surface area contributed by atoms with Gasteiger partial charge in [-0.2, -0.15) is 0 Å². The molecule has 0 aromatic heterocycles. The lowest BCUT2D eigenvalue weighted by Crippen LogP contribution is -2.44. The van der Waals surface area contributed by atoms with E-state index in [1.807, 2.05) is 0 Å². The molecule has 4 aliphatic rings. The maximum absolute atomic E-state index is 1.65. The number of hydrogen-bond donors (Lipinski definition) is 0. The van der Waals surface area contributed by atoms with Gasteiger partial charge in [0.15, 0.2) is 0 Å². The summed E-state index contributed by atoms with van der Waals surface area (Å²) in [5.41, 5.74) is 0. The van der Waals surface area contributed by atoms with Crippen LogP contribution in [0.2, 0.25) is 0 Å². The lowest BCUT2D eigenvalue weighted by molar-refractivity contribution is -0.0109. The van der Waals surface area contributed by atoms with Crippen LogP contribution in [-0.4, -0.2) is 0 Å². The highest BCUT2D eigenvalue weighted by Crippen LogP contribution is 2.69. The van der Waals surface area contributed by atoms with Crippen LogP contribution in [-0.2, 0) is 0 Å². The lowest BCUT2D eigenvalue weighted by Gasteiger charge is -2.49. The molecular formula is C12H18. The maximum Gasteiger partial charge on any atom is -0.0321 e. The van der Waals surface area contributed by atoms with Gasteiger partial charge in [0.1, 0.15) is 0 Å². The second kappa shape index (κ2) is 1.91. The predicted octanol–water partition coefficient (Wildman–Crippen LogP) is 3.08. The Hall–Kier alpha value is 0. The monoisotopic (exact) mass is 162 g/mol. The fourth-order valence-corrected chi connectivity index (χ4v) is 5.20. The standard InChI is InChI=1S/C12H18/c1-2-9-10(3-1)12-8-5-4-7(8)6-11(9)12/h7-12H,1-6H2. The van der Waals surface area contributed by atoms with E-state index in [2.05, 4.69) is 0 Å². The van der Waals surface area contributed by atoms with Gasteiger partial charge in [0, 0.05) is 0 Å². The Balaban J connectivity index is 1.66. The molecule has 0 aromatic carbocycles.